The number of esters is 1. The first-order valence-corrected chi connectivity index (χ1v) is 12.0. The fraction of sp³-hybridized carbons (Fsp3) is 0.667. The van der Waals surface area contributed by atoms with Gasteiger partial charge in [0.1, 0.15) is 0 Å². The van der Waals surface area contributed by atoms with Gasteiger partial charge in [-0.2, -0.15) is 0 Å². The summed E-state index contributed by atoms with van der Waals surface area (Å²) in [5.41, 5.74) is 0. The molecule has 134 valence electrons. The van der Waals surface area contributed by atoms with Crippen molar-refractivity contribution >= 4 is 31.8 Å². The Labute approximate surface area is 150 Å². The average molecular weight is 369 g/mol. The van der Waals surface area contributed by atoms with Crippen molar-refractivity contribution in [2.45, 2.75) is 64.3 Å². The Kier molecular flexibility index (Phi) is 7.78. The van der Waals surface area contributed by atoms with Crippen molar-refractivity contribution in [1.29, 1.82) is 0 Å². The number of hydrogen-bond donors (Lipinski definition) is 0. The quantitative estimate of drug-likeness (QED) is 0.404. The lowest BCUT2D eigenvalue weighted by atomic mass is 10.2. The van der Waals surface area contributed by atoms with E-state index in [4.69, 9.17) is 4.43 Å². The minimum Gasteiger partial charge on any atom is -0.469 e. The lowest BCUT2D eigenvalue weighted by Crippen LogP contribution is -2.43. The zero-order valence-corrected chi connectivity index (χ0v) is 17.3. The van der Waals surface area contributed by atoms with Crippen LogP contribution in [0.5, 0.6) is 0 Å². The van der Waals surface area contributed by atoms with Gasteiger partial charge in [-0.05, 0) is 24.2 Å². The smallest absolute Gasteiger partial charge is 0.306 e. The second-order valence-corrected chi connectivity index (χ2v) is 13.1. The van der Waals surface area contributed by atoms with Crippen LogP contribution in [0.25, 0.3) is 0 Å². The molecular formula is C18H28O4SSi. The van der Waals surface area contributed by atoms with Gasteiger partial charge in [0.25, 0.3) is 0 Å². The first-order chi connectivity index (χ1) is 11.1. The molecule has 4 nitrogen and oxygen atoms in total. The number of allylic oxidation sites excluding steroid dienone is 1. The molecule has 1 rings (SSSR count). The molecular weight excluding hydrogens is 340 g/mol. The number of Topliss-reactive ketones (excluding diaryl/α,β-unsaturated/α-hetero) is 1. The summed E-state index contributed by atoms with van der Waals surface area (Å²) in [6.07, 6.45) is 3.07. The average Bonchev–Trinajstić information content (AvgIpc) is 2.80. The molecule has 0 amide bonds. The molecule has 1 unspecified atom stereocenters. The predicted molar refractivity (Wildman–Crippen MR) is 101 cm³/mol. The number of carbonyl (C=O) groups is 2. The second-order valence-electron chi connectivity index (χ2n) is 7.29. The SMILES string of the molecule is COC(=O)CCC#CCSC1=CC(O[Si](C)(C)C(C)(C)C)CC1=O. The molecule has 0 aromatic heterocycles. The molecule has 0 radical (unpaired) electrons. The van der Waals surface area contributed by atoms with Crippen molar-refractivity contribution in [2.75, 3.05) is 12.9 Å². The summed E-state index contributed by atoms with van der Waals surface area (Å²) in [7, 11) is -0.503. The minimum atomic E-state index is -1.87. The number of hydrogen-bond acceptors (Lipinski definition) is 5. The molecule has 0 fully saturated rings. The second kappa shape index (κ2) is 8.89. The fourth-order valence-corrected chi connectivity index (χ4v) is 3.97. The van der Waals surface area contributed by atoms with Gasteiger partial charge < -0.3 is 9.16 Å². The largest absolute Gasteiger partial charge is 0.469 e. The zero-order valence-electron chi connectivity index (χ0n) is 15.5. The third-order valence-corrected chi connectivity index (χ3v) is 9.83. The number of ether oxygens (including phenoxy) is 1. The highest BCUT2D eigenvalue weighted by molar-refractivity contribution is 8.04. The number of carbonyl (C=O) groups excluding carboxylic acids is 2. The van der Waals surface area contributed by atoms with E-state index in [0.29, 0.717) is 25.0 Å². The summed E-state index contributed by atoms with van der Waals surface area (Å²) in [5.74, 6) is 6.34. The topological polar surface area (TPSA) is 52.6 Å². The van der Waals surface area contributed by atoms with Crippen molar-refractivity contribution in [3.63, 3.8) is 0 Å². The molecule has 0 aromatic carbocycles. The fourth-order valence-electron chi connectivity index (χ4n) is 1.88. The van der Waals surface area contributed by atoms with Crippen molar-refractivity contribution in [3.8, 4) is 11.8 Å². The molecule has 0 N–H and O–H groups in total. The number of rotatable bonds is 6. The van der Waals surface area contributed by atoms with E-state index in [1.807, 2.05) is 6.08 Å². The Morgan fingerprint density at radius 1 is 1.38 bits per heavy atom. The van der Waals surface area contributed by atoms with Crippen LogP contribution in [-0.4, -0.2) is 39.0 Å². The molecule has 0 heterocycles. The minimum absolute atomic E-state index is 0.104. The van der Waals surface area contributed by atoms with Crippen LogP contribution < -0.4 is 0 Å². The van der Waals surface area contributed by atoms with Gasteiger partial charge in [0.05, 0.1) is 25.4 Å². The first-order valence-electron chi connectivity index (χ1n) is 8.15. The number of thioether (sulfide) groups is 1. The Bertz CT molecular complexity index is 564. The zero-order chi connectivity index (χ0) is 18.4. The molecule has 0 saturated heterocycles. The molecule has 0 saturated carbocycles. The van der Waals surface area contributed by atoms with Gasteiger partial charge in [-0.25, -0.2) is 0 Å². The standard InChI is InChI=1S/C18H28O4SSi/c1-18(2,3)24(5,6)22-14-12-15(19)16(13-14)23-11-9-7-8-10-17(20)21-4/h13-14H,8,10-12H2,1-6H3. The maximum absolute atomic E-state index is 12.1. The summed E-state index contributed by atoms with van der Waals surface area (Å²) in [6, 6.07) is 0. The number of ketones is 1. The maximum Gasteiger partial charge on any atom is 0.306 e. The molecule has 0 aliphatic heterocycles. The van der Waals surface area contributed by atoms with Crippen LogP contribution in [0.1, 0.15) is 40.0 Å². The van der Waals surface area contributed by atoms with E-state index in [-0.39, 0.29) is 22.9 Å². The van der Waals surface area contributed by atoms with Crippen LogP contribution in [0.3, 0.4) is 0 Å². The predicted octanol–water partition coefficient (Wildman–Crippen LogP) is 3.92. The van der Waals surface area contributed by atoms with Crippen molar-refractivity contribution < 1.29 is 18.8 Å². The van der Waals surface area contributed by atoms with Gasteiger partial charge in [-0.15, -0.1) is 17.7 Å². The molecule has 1 aliphatic carbocycles. The van der Waals surface area contributed by atoms with Crippen LogP contribution in [0.2, 0.25) is 18.1 Å². The third kappa shape index (κ3) is 6.46. The molecule has 6 heteroatoms. The maximum atomic E-state index is 12.1. The number of methoxy groups -OCH3 is 1. The lowest BCUT2D eigenvalue weighted by Gasteiger charge is -2.37. The molecule has 0 spiro atoms. The van der Waals surface area contributed by atoms with Gasteiger partial charge in [0, 0.05) is 17.7 Å². The normalized spacial score (nSPS) is 18.0. The highest BCUT2D eigenvalue weighted by atomic mass is 32.2. The highest BCUT2D eigenvalue weighted by Crippen LogP contribution is 2.39. The molecule has 1 atom stereocenters. The van der Waals surface area contributed by atoms with Crippen LogP contribution >= 0.6 is 11.8 Å². The van der Waals surface area contributed by atoms with Gasteiger partial charge in [-0.3, -0.25) is 9.59 Å². The monoisotopic (exact) mass is 368 g/mol. The third-order valence-electron chi connectivity index (χ3n) is 4.36. The van der Waals surface area contributed by atoms with E-state index in [2.05, 4.69) is 50.4 Å². The summed E-state index contributed by atoms with van der Waals surface area (Å²) < 4.78 is 10.8. The van der Waals surface area contributed by atoms with E-state index in [1.165, 1.54) is 18.9 Å². The van der Waals surface area contributed by atoms with E-state index < -0.39 is 8.32 Å². The van der Waals surface area contributed by atoms with E-state index >= 15 is 0 Å². The summed E-state index contributed by atoms with van der Waals surface area (Å²) in [4.78, 5) is 23.8. The van der Waals surface area contributed by atoms with Crippen molar-refractivity contribution in [3.05, 3.63) is 11.0 Å². The summed E-state index contributed by atoms with van der Waals surface area (Å²) in [5, 5.41) is 0.130. The van der Waals surface area contributed by atoms with E-state index in [9.17, 15) is 9.59 Å². The molecule has 1 aliphatic rings. The van der Waals surface area contributed by atoms with Crippen LogP contribution in [0.15, 0.2) is 11.0 Å². The summed E-state index contributed by atoms with van der Waals surface area (Å²) >= 11 is 1.45. The van der Waals surface area contributed by atoms with Crippen molar-refractivity contribution in [1.82, 2.24) is 0 Å². The van der Waals surface area contributed by atoms with Gasteiger partial charge >= 0.3 is 5.97 Å². The molecule has 0 bridgehead atoms. The Morgan fingerprint density at radius 2 is 2.04 bits per heavy atom. The lowest BCUT2D eigenvalue weighted by molar-refractivity contribution is -0.140. The summed E-state index contributed by atoms with van der Waals surface area (Å²) in [6.45, 7) is 11.0. The van der Waals surface area contributed by atoms with Crippen molar-refractivity contribution in [2.24, 2.45) is 0 Å². The Morgan fingerprint density at radius 3 is 2.62 bits per heavy atom. The molecule has 24 heavy (non-hydrogen) atoms. The van der Waals surface area contributed by atoms with Crippen LogP contribution in [0.4, 0.5) is 0 Å². The molecule has 0 aromatic rings. The van der Waals surface area contributed by atoms with E-state index in [1.54, 1.807) is 0 Å². The van der Waals surface area contributed by atoms with Gasteiger partial charge in [0.15, 0.2) is 14.1 Å². The van der Waals surface area contributed by atoms with E-state index in [0.717, 1.165) is 4.91 Å². The first kappa shape index (κ1) is 21.0. The Balaban J connectivity index is 2.48. The van der Waals surface area contributed by atoms with Crippen LogP contribution in [-0.2, 0) is 18.8 Å². The highest BCUT2D eigenvalue weighted by Gasteiger charge is 2.40. The van der Waals surface area contributed by atoms with Gasteiger partial charge in [-0.1, -0.05) is 26.7 Å². The Hall–Kier alpha value is -1.03. The van der Waals surface area contributed by atoms with Gasteiger partial charge in [0.2, 0.25) is 0 Å². The van der Waals surface area contributed by atoms with Crippen LogP contribution in [0, 0.1) is 11.8 Å².